The van der Waals surface area contributed by atoms with E-state index < -0.39 is 0 Å². The van der Waals surface area contributed by atoms with Gasteiger partial charge in [-0.2, -0.15) is 5.10 Å². The Bertz CT molecular complexity index is 549. The van der Waals surface area contributed by atoms with E-state index in [-0.39, 0.29) is 29.8 Å². The summed E-state index contributed by atoms with van der Waals surface area (Å²) in [6.45, 7) is 6.80. The van der Waals surface area contributed by atoms with E-state index in [1.165, 1.54) is 30.5 Å². The lowest BCUT2D eigenvalue weighted by Crippen LogP contribution is -2.41. The van der Waals surface area contributed by atoms with Gasteiger partial charge in [0.05, 0.1) is 5.69 Å². The van der Waals surface area contributed by atoms with Gasteiger partial charge in [0.1, 0.15) is 0 Å². The molecular formula is C18H33ClN4O. The van der Waals surface area contributed by atoms with E-state index in [2.05, 4.69) is 24.3 Å². The Morgan fingerprint density at radius 1 is 1.33 bits per heavy atom. The van der Waals surface area contributed by atoms with Crippen LogP contribution in [0.1, 0.15) is 62.4 Å². The SMILES string of the molecule is Cc1nn(C)c(C)c1CC(C)NC(=O)CC1(CN)CCCCC1.Cl. The minimum atomic E-state index is 0. The Labute approximate surface area is 152 Å². The molecule has 1 fully saturated rings. The van der Waals surface area contributed by atoms with Crippen LogP contribution in [0.15, 0.2) is 0 Å². The summed E-state index contributed by atoms with van der Waals surface area (Å²) in [7, 11) is 1.96. The molecule has 0 radical (unpaired) electrons. The summed E-state index contributed by atoms with van der Waals surface area (Å²) in [4.78, 5) is 12.5. The summed E-state index contributed by atoms with van der Waals surface area (Å²) in [5.41, 5.74) is 9.49. The zero-order chi connectivity index (χ0) is 17.0. The highest BCUT2D eigenvalue weighted by Crippen LogP contribution is 2.38. The molecule has 1 atom stereocenters. The standard InChI is InChI=1S/C18H32N4O.ClH/c1-13(10-16-14(2)21-22(4)15(16)3)20-17(23)11-18(12-19)8-6-5-7-9-18;/h13H,5-12,19H2,1-4H3,(H,20,23);1H. The summed E-state index contributed by atoms with van der Waals surface area (Å²) in [6, 6.07) is 0.113. The van der Waals surface area contributed by atoms with E-state index in [9.17, 15) is 4.79 Å². The van der Waals surface area contributed by atoms with Crippen LogP contribution >= 0.6 is 12.4 Å². The van der Waals surface area contributed by atoms with Gasteiger partial charge in [-0.1, -0.05) is 19.3 Å². The summed E-state index contributed by atoms with van der Waals surface area (Å²) < 4.78 is 1.91. The monoisotopic (exact) mass is 356 g/mol. The predicted molar refractivity (Wildman–Crippen MR) is 100 cm³/mol. The van der Waals surface area contributed by atoms with Gasteiger partial charge in [0, 0.05) is 25.2 Å². The molecule has 0 aliphatic heterocycles. The largest absolute Gasteiger partial charge is 0.353 e. The summed E-state index contributed by atoms with van der Waals surface area (Å²) >= 11 is 0. The van der Waals surface area contributed by atoms with Crippen molar-refractivity contribution in [2.24, 2.45) is 18.2 Å². The quantitative estimate of drug-likeness (QED) is 0.823. The Morgan fingerprint density at radius 2 is 1.96 bits per heavy atom. The number of nitrogens with zero attached hydrogens (tertiary/aromatic N) is 2. The predicted octanol–water partition coefficient (Wildman–Crippen LogP) is 2.81. The minimum Gasteiger partial charge on any atom is -0.353 e. The number of hydrogen-bond donors (Lipinski definition) is 2. The molecule has 0 aromatic carbocycles. The first-order chi connectivity index (χ1) is 10.9. The molecule has 1 aromatic rings. The van der Waals surface area contributed by atoms with Gasteiger partial charge < -0.3 is 11.1 Å². The molecule has 1 heterocycles. The number of nitrogens with two attached hydrogens (primary N) is 1. The van der Waals surface area contributed by atoms with Crippen LogP contribution < -0.4 is 11.1 Å². The van der Waals surface area contributed by atoms with Crippen molar-refractivity contribution in [2.45, 2.75) is 71.8 Å². The number of halogens is 1. The fourth-order valence-electron chi connectivity index (χ4n) is 3.89. The highest BCUT2D eigenvalue weighted by atomic mass is 35.5. The Hall–Kier alpha value is -1.07. The van der Waals surface area contributed by atoms with Crippen molar-refractivity contribution < 1.29 is 4.79 Å². The van der Waals surface area contributed by atoms with Crippen molar-refractivity contribution in [3.8, 4) is 0 Å². The zero-order valence-corrected chi connectivity index (χ0v) is 16.3. The van der Waals surface area contributed by atoms with Crippen LogP contribution in [0.25, 0.3) is 0 Å². The molecular weight excluding hydrogens is 324 g/mol. The summed E-state index contributed by atoms with van der Waals surface area (Å²) in [5.74, 6) is 0.143. The lowest BCUT2D eigenvalue weighted by atomic mass is 9.71. The highest BCUT2D eigenvalue weighted by Gasteiger charge is 2.33. The third-order valence-corrected chi connectivity index (χ3v) is 5.46. The molecule has 138 valence electrons. The van der Waals surface area contributed by atoms with Crippen molar-refractivity contribution in [3.63, 3.8) is 0 Å². The number of amides is 1. The van der Waals surface area contributed by atoms with Crippen LogP contribution in [-0.4, -0.2) is 28.3 Å². The van der Waals surface area contributed by atoms with Crippen LogP contribution in [0.2, 0.25) is 0 Å². The number of rotatable bonds is 6. The summed E-state index contributed by atoms with van der Waals surface area (Å²) in [5, 5.41) is 7.62. The zero-order valence-electron chi connectivity index (χ0n) is 15.5. The first-order valence-electron chi connectivity index (χ1n) is 8.85. The van der Waals surface area contributed by atoms with Gasteiger partial charge in [-0.05, 0) is 57.6 Å². The normalized spacial score (nSPS) is 17.9. The molecule has 0 spiro atoms. The van der Waals surface area contributed by atoms with E-state index in [4.69, 9.17) is 5.73 Å². The van der Waals surface area contributed by atoms with Crippen LogP contribution in [-0.2, 0) is 18.3 Å². The second-order valence-corrected chi connectivity index (χ2v) is 7.39. The smallest absolute Gasteiger partial charge is 0.220 e. The number of carbonyl (C=O) groups excluding carboxylic acids is 1. The second kappa shape index (κ2) is 8.86. The maximum atomic E-state index is 12.5. The average molecular weight is 357 g/mol. The molecule has 1 saturated carbocycles. The maximum absolute atomic E-state index is 12.5. The van der Waals surface area contributed by atoms with Gasteiger partial charge in [0.2, 0.25) is 5.91 Å². The van der Waals surface area contributed by atoms with Gasteiger partial charge >= 0.3 is 0 Å². The Balaban J connectivity index is 0.00000288. The molecule has 1 aliphatic carbocycles. The van der Waals surface area contributed by atoms with Gasteiger partial charge in [-0.25, -0.2) is 0 Å². The van der Waals surface area contributed by atoms with Crippen LogP contribution in [0.4, 0.5) is 0 Å². The van der Waals surface area contributed by atoms with Gasteiger partial charge in [0.15, 0.2) is 0 Å². The van der Waals surface area contributed by atoms with Crippen molar-refractivity contribution in [1.29, 1.82) is 0 Å². The third kappa shape index (κ3) is 4.96. The fraction of sp³-hybridized carbons (Fsp3) is 0.778. The van der Waals surface area contributed by atoms with Crippen molar-refractivity contribution >= 4 is 18.3 Å². The van der Waals surface area contributed by atoms with Crippen LogP contribution in [0, 0.1) is 19.3 Å². The Kier molecular flexibility index (Phi) is 7.74. The van der Waals surface area contributed by atoms with Gasteiger partial charge in [-0.15, -0.1) is 12.4 Å². The second-order valence-electron chi connectivity index (χ2n) is 7.39. The van der Waals surface area contributed by atoms with Crippen LogP contribution in [0.3, 0.4) is 0 Å². The first-order valence-corrected chi connectivity index (χ1v) is 8.85. The number of carbonyl (C=O) groups is 1. The van der Waals surface area contributed by atoms with Crippen molar-refractivity contribution in [1.82, 2.24) is 15.1 Å². The topological polar surface area (TPSA) is 72.9 Å². The van der Waals surface area contributed by atoms with E-state index >= 15 is 0 Å². The lowest BCUT2D eigenvalue weighted by Gasteiger charge is -2.36. The molecule has 1 unspecified atom stereocenters. The fourth-order valence-corrected chi connectivity index (χ4v) is 3.89. The maximum Gasteiger partial charge on any atom is 0.220 e. The lowest BCUT2D eigenvalue weighted by molar-refractivity contribution is -0.124. The molecule has 2 rings (SSSR count). The molecule has 6 heteroatoms. The van der Waals surface area contributed by atoms with E-state index in [1.54, 1.807) is 0 Å². The molecule has 3 N–H and O–H groups in total. The third-order valence-electron chi connectivity index (χ3n) is 5.46. The van der Waals surface area contributed by atoms with Crippen molar-refractivity contribution in [3.05, 3.63) is 17.0 Å². The molecule has 5 nitrogen and oxygen atoms in total. The molecule has 1 amide bonds. The molecule has 24 heavy (non-hydrogen) atoms. The minimum absolute atomic E-state index is 0. The molecule has 0 bridgehead atoms. The first kappa shape index (κ1) is 21.0. The number of nitrogens with one attached hydrogen (secondary N) is 1. The average Bonchev–Trinajstić information content (AvgIpc) is 2.74. The number of hydrogen-bond acceptors (Lipinski definition) is 3. The Morgan fingerprint density at radius 3 is 2.46 bits per heavy atom. The van der Waals surface area contributed by atoms with E-state index in [0.29, 0.717) is 13.0 Å². The van der Waals surface area contributed by atoms with E-state index in [1.807, 2.05) is 18.7 Å². The number of aryl methyl sites for hydroxylation is 2. The molecule has 1 aliphatic rings. The van der Waals surface area contributed by atoms with Gasteiger partial charge in [0.25, 0.3) is 0 Å². The van der Waals surface area contributed by atoms with Crippen LogP contribution in [0.5, 0.6) is 0 Å². The van der Waals surface area contributed by atoms with E-state index in [0.717, 1.165) is 25.0 Å². The molecule has 1 aromatic heterocycles. The summed E-state index contributed by atoms with van der Waals surface area (Å²) in [6.07, 6.45) is 7.26. The number of aromatic nitrogens is 2. The van der Waals surface area contributed by atoms with Crippen molar-refractivity contribution in [2.75, 3.05) is 6.54 Å². The molecule has 0 saturated heterocycles. The highest BCUT2D eigenvalue weighted by molar-refractivity contribution is 5.85. The van der Waals surface area contributed by atoms with Gasteiger partial charge in [-0.3, -0.25) is 9.48 Å².